The van der Waals surface area contributed by atoms with Gasteiger partial charge in [0.1, 0.15) is 10.6 Å². The highest BCUT2D eigenvalue weighted by Crippen LogP contribution is 2.26. The highest BCUT2D eigenvalue weighted by molar-refractivity contribution is 7.12. The number of aryl methyl sites for hydroxylation is 1. The number of carbonyl (C=O) groups excluding carboxylic acids is 1. The number of aromatic nitrogens is 2. The molecule has 25 heavy (non-hydrogen) atoms. The molecular formula is C19H16FN3OS. The van der Waals surface area contributed by atoms with E-state index in [-0.39, 0.29) is 11.7 Å². The van der Waals surface area contributed by atoms with Gasteiger partial charge in [0.2, 0.25) is 0 Å². The summed E-state index contributed by atoms with van der Waals surface area (Å²) in [6, 6.07) is 8.62. The highest BCUT2D eigenvalue weighted by Gasteiger charge is 2.21. The maximum absolute atomic E-state index is 13.9. The van der Waals surface area contributed by atoms with Crippen molar-refractivity contribution < 1.29 is 9.18 Å². The van der Waals surface area contributed by atoms with E-state index in [1.807, 2.05) is 25.1 Å². The largest absolute Gasteiger partial charge is 0.335 e. The predicted octanol–water partition coefficient (Wildman–Crippen LogP) is 4.07. The fourth-order valence-corrected chi connectivity index (χ4v) is 3.79. The van der Waals surface area contributed by atoms with E-state index >= 15 is 0 Å². The van der Waals surface area contributed by atoms with Crippen molar-refractivity contribution in [3.05, 3.63) is 65.2 Å². The number of pyridine rings is 1. The topological polar surface area (TPSA) is 46.1 Å². The van der Waals surface area contributed by atoms with Crippen LogP contribution >= 0.6 is 11.5 Å². The number of amides is 1. The molecule has 0 spiro atoms. The van der Waals surface area contributed by atoms with E-state index in [1.54, 1.807) is 23.2 Å². The van der Waals surface area contributed by atoms with Gasteiger partial charge in [0.25, 0.3) is 5.91 Å². The lowest BCUT2D eigenvalue weighted by molar-refractivity contribution is 0.0772. The van der Waals surface area contributed by atoms with Gasteiger partial charge in [-0.15, -0.1) is 0 Å². The number of carbonyl (C=O) groups is 1. The SMILES string of the molecule is Cc1nsc2ncc(C(=O)N3CC=C(c4ccccc4F)CC3)cc12. The van der Waals surface area contributed by atoms with E-state index in [9.17, 15) is 9.18 Å². The van der Waals surface area contributed by atoms with E-state index in [0.717, 1.165) is 21.5 Å². The molecule has 4 nitrogen and oxygen atoms in total. The van der Waals surface area contributed by atoms with E-state index in [1.165, 1.54) is 17.6 Å². The van der Waals surface area contributed by atoms with Gasteiger partial charge in [-0.1, -0.05) is 24.3 Å². The van der Waals surface area contributed by atoms with Crippen molar-refractivity contribution in [1.29, 1.82) is 0 Å². The highest BCUT2D eigenvalue weighted by atomic mass is 32.1. The third kappa shape index (κ3) is 2.93. The molecule has 0 radical (unpaired) electrons. The molecule has 0 saturated heterocycles. The van der Waals surface area contributed by atoms with E-state index in [2.05, 4.69) is 9.36 Å². The second kappa shape index (κ2) is 6.37. The van der Waals surface area contributed by atoms with Crippen molar-refractivity contribution in [3.63, 3.8) is 0 Å². The number of hydrogen-bond donors (Lipinski definition) is 0. The van der Waals surface area contributed by atoms with Gasteiger partial charge in [0.15, 0.2) is 0 Å². The minimum absolute atomic E-state index is 0.0520. The van der Waals surface area contributed by atoms with Crippen LogP contribution in [0.2, 0.25) is 0 Å². The van der Waals surface area contributed by atoms with Crippen molar-refractivity contribution >= 4 is 33.2 Å². The molecule has 0 saturated carbocycles. The summed E-state index contributed by atoms with van der Waals surface area (Å²) in [5, 5.41) is 0.926. The first-order valence-corrected chi connectivity index (χ1v) is 8.86. The molecule has 2 aromatic heterocycles. The van der Waals surface area contributed by atoms with Crippen LogP contribution in [-0.2, 0) is 0 Å². The maximum Gasteiger partial charge on any atom is 0.255 e. The van der Waals surface area contributed by atoms with Gasteiger partial charge in [-0.25, -0.2) is 9.37 Å². The summed E-state index contributed by atoms with van der Waals surface area (Å²) in [6.45, 7) is 2.96. The molecule has 0 aliphatic carbocycles. The molecule has 6 heteroatoms. The van der Waals surface area contributed by atoms with Crippen LogP contribution in [0.3, 0.4) is 0 Å². The zero-order valence-corrected chi connectivity index (χ0v) is 14.5. The Morgan fingerprint density at radius 2 is 2.16 bits per heavy atom. The van der Waals surface area contributed by atoms with Gasteiger partial charge in [-0.05, 0) is 42.6 Å². The Bertz CT molecular complexity index is 995. The first kappa shape index (κ1) is 15.9. The van der Waals surface area contributed by atoms with Crippen LogP contribution in [0.15, 0.2) is 42.6 Å². The maximum atomic E-state index is 13.9. The molecule has 126 valence electrons. The summed E-state index contributed by atoms with van der Waals surface area (Å²) in [6.07, 6.45) is 4.18. The number of rotatable bonds is 2. The Morgan fingerprint density at radius 3 is 2.92 bits per heavy atom. The van der Waals surface area contributed by atoms with Gasteiger partial charge in [-0.2, -0.15) is 4.37 Å². The molecule has 1 aromatic carbocycles. The monoisotopic (exact) mass is 353 g/mol. The number of benzene rings is 1. The molecule has 0 N–H and O–H groups in total. The smallest absolute Gasteiger partial charge is 0.255 e. The van der Waals surface area contributed by atoms with Gasteiger partial charge in [0.05, 0.1) is 11.3 Å². The number of hydrogen-bond acceptors (Lipinski definition) is 4. The molecule has 0 fully saturated rings. The van der Waals surface area contributed by atoms with Crippen LogP contribution < -0.4 is 0 Å². The first-order valence-electron chi connectivity index (χ1n) is 8.09. The second-order valence-corrected chi connectivity index (χ2v) is 6.81. The van der Waals surface area contributed by atoms with Gasteiger partial charge >= 0.3 is 0 Å². The van der Waals surface area contributed by atoms with Crippen molar-refractivity contribution in [3.8, 4) is 0 Å². The Morgan fingerprint density at radius 1 is 1.32 bits per heavy atom. The van der Waals surface area contributed by atoms with Gasteiger partial charge in [-0.3, -0.25) is 4.79 Å². The van der Waals surface area contributed by atoms with Crippen molar-refractivity contribution in [2.75, 3.05) is 13.1 Å². The van der Waals surface area contributed by atoms with Crippen LogP contribution in [0.25, 0.3) is 15.8 Å². The first-order chi connectivity index (χ1) is 12.1. The third-order valence-electron chi connectivity index (χ3n) is 4.47. The molecular weight excluding hydrogens is 337 g/mol. The average Bonchev–Trinajstić information content (AvgIpc) is 3.02. The third-order valence-corrected chi connectivity index (χ3v) is 5.34. The second-order valence-electron chi connectivity index (χ2n) is 6.06. The van der Waals surface area contributed by atoms with Gasteiger partial charge < -0.3 is 4.90 Å². The fourth-order valence-electron chi connectivity index (χ4n) is 3.06. The van der Waals surface area contributed by atoms with Crippen LogP contribution in [0.4, 0.5) is 4.39 Å². The van der Waals surface area contributed by atoms with E-state index in [4.69, 9.17) is 0 Å². The lowest BCUT2D eigenvalue weighted by atomic mass is 9.98. The summed E-state index contributed by atoms with van der Waals surface area (Å²) in [7, 11) is 0. The molecule has 1 amide bonds. The molecule has 3 aromatic rings. The number of halogens is 1. The van der Waals surface area contributed by atoms with Crippen molar-refractivity contribution in [1.82, 2.24) is 14.3 Å². The standard InChI is InChI=1S/C19H16FN3OS/c1-12-16-10-14(11-21-18(16)25-22-12)19(24)23-8-6-13(7-9-23)15-4-2-3-5-17(15)20/h2-6,10-11H,7-9H2,1H3. The minimum atomic E-state index is -0.219. The molecule has 3 heterocycles. The summed E-state index contributed by atoms with van der Waals surface area (Å²) in [5.74, 6) is -0.271. The van der Waals surface area contributed by atoms with Gasteiger partial charge in [0, 0.05) is 30.2 Å². The predicted molar refractivity (Wildman–Crippen MR) is 97.0 cm³/mol. The zero-order chi connectivity index (χ0) is 17.4. The zero-order valence-electron chi connectivity index (χ0n) is 13.7. The van der Waals surface area contributed by atoms with Crippen LogP contribution in [-0.4, -0.2) is 33.3 Å². The Balaban J connectivity index is 1.56. The minimum Gasteiger partial charge on any atom is -0.335 e. The summed E-state index contributed by atoms with van der Waals surface area (Å²) in [4.78, 5) is 19.7. The van der Waals surface area contributed by atoms with E-state index in [0.29, 0.717) is 30.6 Å². The summed E-state index contributed by atoms with van der Waals surface area (Å²) < 4.78 is 18.2. The lowest BCUT2D eigenvalue weighted by Crippen LogP contribution is -2.34. The molecule has 1 aliphatic heterocycles. The molecule has 1 aliphatic rings. The lowest BCUT2D eigenvalue weighted by Gasteiger charge is -2.26. The molecule has 0 unspecified atom stereocenters. The number of fused-ring (bicyclic) bond motifs is 1. The normalized spacial score (nSPS) is 14.6. The summed E-state index contributed by atoms with van der Waals surface area (Å²) in [5.41, 5.74) is 3.03. The Hall–Kier alpha value is -2.60. The molecule has 0 atom stereocenters. The Labute approximate surface area is 148 Å². The Kier molecular flexibility index (Phi) is 4.05. The van der Waals surface area contributed by atoms with Crippen LogP contribution in [0.5, 0.6) is 0 Å². The number of nitrogens with zero attached hydrogens (tertiary/aromatic N) is 3. The molecule has 0 bridgehead atoms. The van der Waals surface area contributed by atoms with E-state index < -0.39 is 0 Å². The quantitative estimate of drug-likeness (QED) is 0.698. The van der Waals surface area contributed by atoms with Crippen molar-refractivity contribution in [2.24, 2.45) is 0 Å². The average molecular weight is 353 g/mol. The van der Waals surface area contributed by atoms with Crippen LogP contribution in [0.1, 0.15) is 28.0 Å². The molecule has 4 rings (SSSR count). The summed E-state index contributed by atoms with van der Waals surface area (Å²) >= 11 is 1.34. The van der Waals surface area contributed by atoms with Crippen LogP contribution in [0, 0.1) is 12.7 Å². The fraction of sp³-hybridized carbons (Fsp3) is 0.211. The van der Waals surface area contributed by atoms with Crippen molar-refractivity contribution in [2.45, 2.75) is 13.3 Å².